The second-order valence-corrected chi connectivity index (χ2v) is 4.52. The van der Waals surface area contributed by atoms with Crippen LogP contribution in [0.2, 0.25) is 0 Å². The van der Waals surface area contributed by atoms with E-state index in [1.807, 2.05) is 25.2 Å². The van der Waals surface area contributed by atoms with E-state index in [1.54, 1.807) is 13.1 Å². The number of aliphatic hydroxyl groups excluding tert-OH is 1. The molecule has 1 aromatic heterocycles. The minimum atomic E-state index is -0.525. The van der Waals surface area contributed by atoms with Gasteiger partial charge < -0.3 is 10.0 Å². The predicted molar refractivity (Wildman–Crippen MR) is 74.1 cm³/mol. The lowest BCUT2D eigenvalue weighted by Gasteiger charge is -2.20. The van der Waals surface area contributed by atoms with Gasteiger partial charge in [0.2, 0.25) is 0 Å². The van der Waals surface area contributed by atoms with Crippen molar-refractivity contribution in [3.63, 3.8) is 0 Å². The van der Waals surface area contributed by atoms with Crippen LogP contribution in [-0.4, -0.2) is 17.1 Å². The summed E-state index contributed by atoms with van der Waals surface area (Å²) in [5, 5.41) is 9.43. The Morgan fingerprint density at radius 1 is 1.17 bits per heavy atom. The van der Waals surface area contributed by atoms with Crippen molar-refractivity contribution in [3.05, 3.63) is 53.9 Å². The van der Waals surface area contributed by atoms with Crippen molar-refractivity contribution in [1.29, 1.82) is 0 Å². The van der Waals surface area contributed by atoms with E-state index in [4.69, 9.17) is 0 Å². The van der Waals surface area contributed by atoms with Gasteiger partial charge in [0.25, 0.3) is 0 Å². The fraction of sp³-hybridized carbons (Fsp3) is 0.267. The first-order valence-electron chi connectivity index (χ1n) is 6.02. The number of hydrogen-bond donors (Lipinski definition) is 1. The quantitative estimate of drug-likeness (QED) is 0.897. The van der Waals surface area contributed by atoms with Crippen LogP contribution < -0.4 is 4.90 Å². The third-order valence-corrected chi connectivity index (χ3v) is 2.98. The molecule has 0 aliphatic carbocycles. The van der Waals surface area contributed by atoms with Gasteiger partial charge in [-0.3, -0.25) is 4.98 Å². The zero-order chi connectivity index (χ0) is 13.1. The van der Waals surface area contributed by atoms with E-state index < -0.39 is 6.10 Å². The van der Waals surface area contributed by atoms with Gasteiger partial charge in [0.05, 0.1) is 23.7 Å². The van der Waals surface area contributed by atoms with Gasteiger partial charge in [0, 0.05) is 12.7 Å². The lowest BCUT2D eigenvalue weighted by Crippen LogP contribution is -2.10. The van der Waals surface area contributed by atoms with Gasteiger partial charge in [0.1, 0.15) is 0 Å². The highest BCUT2D eigenvalue weighted by Crippen LogP contribution is 2.24. The van der Waals surface area contributed by atoms with Crippen LogP contribution in [0, 0.1) is 6.92 Å². The van der Waals surface area contributed by atoms with Gasteiger partial charge in [-0.25, -0.2) is 0 Å². The maximum Gasteiger partial charge on any atom is 0.0931 e. The maximum atomic E-state index is 9.43. The standard InChI is InChI=1S/C15H18N2O/c1-11-5-4-6-13(9-11)17(3)14-7-8-15(12(2)18)16-10-14/h4-10,12,18H,1-3H3. The smallest absolute Gasteiger partial charge is 0.0931 e. The Morgan fingerprint density at radius 3 is 2.50 bits per heavy atom. The van der Waals surface area contributed by atoms with Gasteiger partial charge in [-0.05, 0) is 43.7 Å². The third kappa shape index (κ3) is 2.68. The van der Waals surface area contributed by atoms with Crippen LogP contribution in [0.4, 0.5) is 11.4 Å². The molecule has 0 radical (unpaired) electrons. The molecule has 1 unspecified atom stereocenters. The van der Waals surface area contributed by atoms with Crippen LogP contribution >= 0.6 is 0 Å². The molecule has 3 nitrogen and oxygen atoms in total. The molecular formula is C15H18N2O. The summed E-state index contributed by atoms with van der Waals surface area (Å²) >= 11 is 0. The highest BCUT2D eigenvalue weighted by Gasteiger charge is 2.06. The minimum absolute atomic E-state index is 0.525. The van der Waals surface area contributed by atoms with E-state index in [-0.39, 0.29) is 0 Å². The Morgan fingerprint density at radius 2 is 1.94 bits per heavy atom. The van der Waals surface area contributed by atoms with Gasteiger partial charge in [-0.1, -0.05) is 12.1 Å². The average molecular weight is 242 g/mol. The molecule has 0 spiro atoms. The molecule has 0 bridgehead atoms. The van der Waals surface area contributed by atoms with E-state index in [1.165, 1.54) is 5.56 Å². The van der Waals surface area contributed by atoms with Crippen LogP contribution in [0.1, 0.15) is 24.3 Å². The molecule has 1 N–H and O–H groups in total. The maximum absolute atomic E-state index is 9.43. The Balaban J connectivity index is 2.26. The Hall–Kier alpha value is -1.87. The highest BCUT2D eigenvalue weighted by atomic mass is 16.3. The summed E-state index contributed by atoms with van der Waals surface area (Å²) in [7, 11) is 2.01. The Kier molecular flexibility index (Phi) is 3.63. The number of nitrogens with zero attached hydrogens (tertiary/aromatic N) is 2. The van der Waals surface area contributed by atoms with E-state index in [0.717, 1.165) is 11.4 Å². The molecule has 0 aliphatic heterocycles. The molecule has 1 heterocycles. The minimum Gasteiger partial charge on any atom is -0.387 e. The monoisotopic (exact) mass is 242 g/mol. The van der Waals surface area contributed by atoms with Crippen molar-refractivity contribution in [1.82, 2.24) is 4.98 Å². The summed E-state index contributed by atoms with van der Waals surface area (Å²) in [6.07, 6.45) is 1.26. The predicted octanol–water partition coefficient (Wildman–Crippen LogP) is 3.21. The molecule has 2 aromatic rings. The number of aryl methyl sites for hydroxylation is 1. The first-order chi connectivity index (χ1) is 8.58. The third-order valence-electron chi connectivity index (χ3n) is 2.98. The van der Waals surface area contributed by atoms with Crippen molar-refractivity contribution in [2.45, 2.75) is 20.0 Å². The second-order valence-electron chi connectivity index (χ2n) is 4.52. The lowest BCUT2D eigenvalue weighted by atomic mass is 10.2. The lowest BCUT2D eigenvalue weighted by molar-refractivity contribution is 0.194. The Bertz CT molecular complexity index is 520. The fourth-order valence-corrected chi connectivity index (χ4v) is 1.83. The average Bonchev–Trinajstić information content (AvgIpc) is 2.38. The largest absolute Gasteiger partial charge is 0.387 e. The van der Waals surface area contributed by atoms with Gasteiger partial charge in [-0.15, -0.1) is 0 Å². The first-order valence-corrected chi connectivity index (χ1v) is 6.02. The zero-order valence-electron chi connectivity index (χ0n) is 11.0. The number of benzene rings is 1. The number of aromatic nitrogens is 1. The molecule has 0 saturated heterocycles. The van der Waals surface area contributed by atoms with Crippen LogP contribution in [-0.2, 0) is 0 Å². The molecule has 0 amide bonds. The Labute approximate surface area is 108 Å². The van der Waals surface area contributed by atoms with E-state index in [0.29, 0.717) is 5.69 Å². The second kappa shape index (κ2) is 5.19. The summed E-state index contributed by atoms with van der Waals surface area (Å²) in [6, 6.07) is 12.1. The summed E-state index contributed by atoms with van der Waals surface area (Å²) in [6.45, 7) is 3.79. The fourth-order valence-electron chi connectivity index (χ4n) is 1.83. The molecule has 18 heavy (non-hydrogen) atoms. The number of aliphatic hydroxyl groups is 1. The molecule has 0 saturated carbocycles. The van der Waals surface area contributed by atoms with Gasteiger partial charge in [0.15, 0.2) is 0 Å². The van der Waals surface area contributed by atoms with Crippen LogP contribution in [0.15, 0.2) is 42.6 Å². The summed E-state index contributed by atoms with van der Waals surface area (Å²) < 4.78 is 0. The van der Waals surface area contributed by atoms with Crippen LogP contribution in [0.25, 0.3) is 0 Å². The van der Waals surface area contributed by atoms with Crippen molar-refractivity contribution < 1.29 is 5.11 Å². The number of hydrogen-bond acceptors (Lipinski definition) is 3. The molecule has 1 aromatic carbocycles. The zero-order valence-corrected chi connectivity index (χ0v) is 11.0. The number of pyridine rings is 1. The molecule has 1 atom stereocenters. The number of rotatable bonds is 3. The topological polar surface area (TPSA) is 36.4 Å². The van der Waals surface area contributed by atoms with Crippen molar-refractivity contribution >= 4 is 11.4 Å². The van der Waals surface area contributed by atoms with Crippen LogP contribution in [0.3, 0.4) is 0 Å². The molecule has 94 valence electrons. The van der Waals surface area contributed by atoms with Gasteiger partial charge in [-0.2, -0.15) is 0 Å². The van der Waals surface area contributed by atoms with Gasteiger partial charge >= 0.3 is 0 Å². The van der Waals surface area contributed by atoms with E-state index >= 15 is 0 Å². The summed E-state index contributed by atoms with van der Waals surface area (Å²) in [5.41, 5.74) is 4.05. The first kappa shape index (κ1) is 12.6. The molecular weight excluding hydrogens is 224 g/mol. The molecule has 3 heteroatoms. The summed E-state index contributed by atoms with van der Waals surface area (Å²) in [4.78, 5) is 6.33. The number of anilines is 2. The molecule has 0 fully saturated rings. The highest BCUT2D eigenvalue weighted by molar-refractivity contribution is 5.62. The van der Waals surface area contributed by atoms with E-state index in [9.17, 15) is 5.11 Å². The van der Waals surface area contributed by atoms with Crippen molar-refractivity contribution in [2.75, 3.05) is 11.9 Å². The van der Waals surface area contributed by atoms with Crippen molar-refractivity contribution in [3.8, 4) is 0 Å². The molecule has 2 rings (SSSR count). The van der Waals surface area contributed by atoms with E-state index in [2.05, 4.69) is 35.0 Å². The molecule has 0 aliphatic rings. The van der Waals surface area contributed by atoms with Crippen LogP contribution in [0.5, 0.6) is 0 Å². The summed E-state index contributed by atoms with van der Waals surface area (Å²) in [5.74, 6) is 0. The van der Waals surface area contributed by atoms with Crippen molar-refractivity contribution in [2.24, 2.45) is 0 Å². The SMILES string of the molecule is Cc1cccc(N(C)c2ccc(C(C)O)nc2)c1. The normalized spacial score (nSPS) is 12.2.